The van der Waals surface area contributed by atoms with Gasteiger partial charge >= 0.3 is 0 Å². The minimum absolute atomic E-state index is 0.0359. The Labute approximate surface area is 187 Å². The molecule has 1 aliphatic heterocycles. The minimum atomic E-state index is -0.491. The van der Waals surface area contributed by atoms with Crippen LogP contribution in [0.25, 0.3) is 11.1 Å². The summed E-state index contributed by atoms with van der Waals surface area (Å²) in [4.78, 5) is 31.5. The number of rotatable bonds is 4. The molecule has 0 saturated heterocycles. The van der Waals surface area contributed by atoms with Crippen LogP contribution in [0.2, 0.25) is 5.02 Å². The van der Waals surface area contributed by atoms with Gasteiger partial charge in [-0.25, -0.2) is 19.3 Å². The van der Waals surface area contributed by atoms with Gasteiger partial charge in [-0.2, -0.15) is 0 Å². The second-order valence-corrected chi connectivity index (χ2v) is 7.79. The topological polar surface area (TPSA) is 97.9 Å². The minimum Gasteiger partial charge on any atom is -0.382 e. The number of carbonyl (C=O) groups is 1. The first-order valence-electron chi connectivity index (χ1n) is 9.76. The van der Waals surface area contributed by atoms with Crippen molar-refractivity contribution in [2.75, 3.05) is 10.6 Å². The van der Waals surface area contributed by atoms with Crippen molar-refractivity contribution in [2.45, 2.75) is 12.3 Å². The molecule has 32 heavy (non-hydrogen) atoms. The Bertz CT molecular complexity index is 1330. The van der Waals surface area contributed by atoms with Crippen molar-refractivity contribution in [2.24, 2.45) is 0 Å². The maximum Gasteiger partial charge on any atom is 0.240 e. The summed E-state index contributed by atoms with van der Waals surface area (Å²) in [6.45, 7) is 0. The number of anilines is 3. The largest absolute Gasteiger partial charge is 0.382 e. The van der Waals surface area contributed by atoms with Gasteiger partial charge in [0.15, 0.2) is 5.82 Å². The highest BCUT2D eigenvalue weighted by molar-refractivity contribution is 6.31. The molecule has 0 radical (unpaired) electrons. The van der Waals surface area contributed by atoms with Crippen LogP contribution in [0.1, 0.15) is 17.0 Å². The van der Waals surface area contributed by atoms with E-state index in [1.54, 1.807) is 24.5 Å². The Balaban J connectivity index is 1.63. The van der Waals surface area contributed by atoms with E-state index in [0.717, 1.165) is 22.3 Å². The zero-order valence-corrected chi connectivity index (χ0v) is 17.4. The van der Waals surface area contributed by atoms with Gasteiger partial charge in [-0.1, -0.05) is 23.7 Å². The van der Waals surface area contributed by atoms with E-state index < -0.39 is 11.7 Å². The molecule has 0 spiro atoms. The van der Waals surface area contributed by atoms with Crippen molar-refractivity contribution >= 4 is 34.8 Å². The average Bonchev–Trinajstić information content (AvgIpc) is 3.07. The van der Waals surface area contributed by atoms with Crippen molar-refractivity contribution in [3.63, 3.8) is 0 Å². The molecule has 2 aromatic heterocycles. The number of nitrogen functional groups attached to an aromatic ring is 1. The monoisotopic (exact) mass is 446 g/mol. The number of nitrogens with zero attached hydrogens (tertiary/aromatic N) is 5. The number of hydrogen-bond acceptors (Lipinski definition) is 6. The lowest BCUT2D eigenvalue weighted by molar-refractivity contribution is -0.118. The first-order chi connectivity index (χ1) is 15.5. The van der Waals surface area contributed by atoms with Crippen molar-refractivity contribution in [3.8, 4) is 11.1 Å². The molecule has 3 heterocycles. The second-order valence-electron chi connectivity index (χ2n) is 7.38. The van der Waals surface area contributed by atoms with Crippen LogP contribution in [0.5, 0.6) is 0 Å². The summed E-state index contributed by atoms with van der Waals surface area (Å²) in [6, 6.07) is 10.2. The van der Waals surface area contributed by atoms with Gasteiger partial charge in [-0.15, -0.1) is 0 Å². The SMILES string of the molecule is Nc1cncc(N2C(=O)C(Cc3cncnc3)c3cc(-c4ccc(F)c(Cl)c4)ccc32)n1. The van der Waals surface area contributed by atoms with Gasteiger partial charge in [0.25, 0.3) is 0 Å². The fourth-order valence-electron chi connectivity index (χ4n) is 3.88. The number of amides is 1. The van der Waals surface area contributed by atoms with Gasteiger partial charge in [-0.3, -0.25) is 14.7 Å². The molecule has 4 aromatic rings. The van der Waals surface area contributed by atoms with Gasteiger partial charge < -0.3 is 5.73 Å². The van der Waals surface area contributed by atoms with E-state index in [-0.39, 0.29) is 16.7 Å². The lowest BCUT2D eigenvalue weighted by Gasteiger charge is -2.17. The third kappa shape index (κ3) is 3.54. The number of aromatic nitrogens is 4. The van der Waals surface area contributed by atoms with E-state index in [1.807, 2.05) is 18.2 Å². The highest BCUT2D eigenvalue weighted by Gasteiger charge is 2.39. The molecule has 0 fully saturated rings. The number of nitrogens with two attached hydrogens (primary N) is 1. The number of carbonyl (C=O) groups excluding carboxylic acids is 1. The average molecular weight is 447 g/mol. The first kappa shape index (κ1) is 20.0. The van der Waals surface area contributed by atoms with E-state index in [4.69, 9.17) is 17.3 Å². The van der Waals surface area contributed by atoms with Crippen LogP contribution in [0.15, 0.2) is 67.5 Å². The zero-order valence-electron chi connectivity index (χ0n) is 16.6. The van der Waals surface area contributed by atoms with Crippen LogP contribution in [-0.2, 0) is 11.2 Å². The van der Waals surface area contributed by atoms with Crippen LogP contribution in [-0.4, -0.2) is 25.8 Å². The maximum atomic E-state index is 13.6. The molecular formula is C23H16ClFN6O. The Morgan fingerprint density at radius 1 is 1.00 bits per heavy atom. The van der Waals surface area contributed by atoms with E-state index in [2.05, 4.69) is 19.9 Å². The quantitative estimate of drug-likeness (QED) is 0.501. The van der Waals surface area contributed by atoms with E-state index in [9.17, 15) is 9.18 Å². The van der Waals surface area contributed by atoms with E-state index in [0.29, 0.717) is 17.9 Å². The van der Waals surface area contributed by atoms with Crippen LogP contribution < -0.4 is 10.6 Å². The van der Waals surface area contributed by atoms with Gasteiger partial charge in [-0.05, 0) is 52.9 Å². The predicted molar refractivity (Wildman–Crippen MR) is 119 cm³/mol. The van der Waals surface area contributed by atoms with Gasteiger partial charge in [0, 0.05) is 12.4 Å². The van der Waals surface area contributed by atoms with Crippen LogP contribution >= 0.6 is 11.6 Å². The van der Waals surface area contributed by atoms with E-state index in [1.165, 1.54) is 29.7 Å². The molecule has 158 valence electrons. The molecule has 0 aliphatic carbocycles. The molecule has 1 unspecified atom stereocenters. The zero-order chi connectivity index (χ0) is 22.2. The van der Waals surface area contributed by atoms with Gasteiger partial charge in [0.1, 0.15) is 18.0 Å². The molecule has 1 amide bonds. The number of hydrogen-bond donors (Lipinski definition) is 1. The fourth-order valence-corrected chi connectivity index (χ4v) is 4.06. The molecule has 1 atom stereocenters. The molecule has 1 aliphatic rings. The Hall–Kier alpha value is -3.91. The fraction of sp³-hybridized carbons (Fsp3) is 0.0870. The summed E-state index contributed by atoms with van der Waals surface area (Å²) >= 11 is 5.98. The molecule has 0 saturated carbocycles. The first-order valence-corrected chi connectivity index (χ1v) is 10.1. The standard InChI is InChI=1S/C23H16ClFN6O/c24-18-7-15(1-3-19(18)25)14-2-4-20-16(6-14)17(5-13-8-28-12-29-9-13)23(32)31(20)22-11-27-10-21(26)30-22/h1-4,6-12,17H,5H2,(H2,26,30). The van der Waals surface area contributed by atoms with Crippen LogP contribution in [0.3, 0.4) is 0 Å². The molecular weight excluding hydrogens is 431 g/mol. The lowest BCUT2D eigenvalue weighted by Crippen LogP contribution is -2.26. The normalized spacial score (nSPS) is 15.1. The predicted octanol–water partition coefficient (Wildman–Crippen LogP) is 4.31. The van der Waals surface area contributed by atoms with Crippen molar-refractivity contribution in [1.82, 2.24) is 19.9 Å². The smallest absolute Gasteiger partial charge is 0.240 e. The lowest BCUT2D eigenvalue weighted by atomic mass is 9.92. The van der Waals surface area contributed by atoms with Crippen molar-refractivity contribution < 1.29 is 9.18 Å². The van der Waals surface area contributed by atoms with Gasteiger partial charge in [0.05, 0.1) is 29.0 Å². The summed E-state index contributed by atoms with van der Waals surface area (Å²) in [5.41, 5.74) is 9.69. The van der Waals surface area contributed by atoms with Gasteiger partial charge in [0.2, 0.25) is 5.91 Å². The summed E-state index contributed by atoms with van der Waals surface area (Å²) < 4.78 is 13.6. The number of halogens is 2. The van der Waals surface area contributed by atoms with Crippen molar-refractivity contribution in [1.29, 1.82) is 0 Å². The Morgan fingerprint density at radius 3 is 2.50 bits per heavy atom. The van der Waals surface area contributed by atoms with Crippen LogP contribution in [0.4, 0.5) is 21.7 Å². The molecule has 2 N–H and O–H groups in total. The summed E-state index contributed by atoms with van der Waals surface area (Å²) in [5, 5.41) is 0.0359. The Morgan fingerprint density at radius 2 is 1.75 bits per heavy atom. The third-order valence-corrected chi connectivity index (χ3v) is 5.63. The third-order valence-electron chi connectivity index (χ3n) is 5.34. The molecule has 7 nitrogen and oxygen atoms in total. The summed E-state index contributed by atoms with van der Waals surface area (Å²) in [6.07, 6.45) is 8.15. The van der Waals surface area contributed by atoms with Crippen LogP contribution in [0, 0.1) is 5.82 Å². The number of benzene rings is 2. The van der Waals surface area contributed by atoms with E-state index >= 15 is 0 Å². The molecule has 9 heteroatoms. The summed E-state index contributed by atoms with van der Waals surface area (Å²) in [7, 11) is 0. The summed E-state index contributed by atoms with van der Waals surface area (Å²) in [5.74, 6) is -0.566. The maximum absolute atomic E-state index is 13.6. The highest BCUT2D eigenvalue weighted by Crippen LogP contribution is 2.44. The molecule has 5 rings (SSSR count). The van der Waals surface area contributed by atoms with Crippen molar-refractivity contribution in [3.05, 3.63) is 89.5 Å². The highest BCUT2D eigenvalue weighted by atomic mass is 35.5. The Kier molecular flexibility index (Phi) is 4.99. The number of fused-ring (bicyclic) bond motifs is 1. The molecule has 2 aromatic carbocycles. The molecule has 0 bridgehead atoms. The second kappa shape index (κ2) is 7.97.